The molecular formula is C10H26O3Si3. The summed E-state index contributed by atoms with van der Waals surface area (Å²) in [5, 5.41) is 0. The lowest BCUT2D eigenvalue weighted by atomic mass is 10.5. The zero-order valence-corrected chi connectivity index (χ0v) is 14.9. The quantitative estimate of drug-likeness (QED) is 0.721. The number of hydrogen-bond acceptors (Lipinski definition) is 3. The van der Waals surface area contributed by atoms with Crippen LogP contribution in [0.25, 0.3) is 0 Å². The Kier molecular flexibility index (Phi) is 3.95. The van der Waals surface area contributed by atoms with Gasteiger partial charge < -0.3 is 12.3 Å². The van der Waals surface area contributed by atoms with E-state index < -0.39 is 25.7 Å². The largest absolute Gasteiger partial charge is 0.416 e. The lowest BCUT2D eigenvalue weighted by Crippen LogP contribution is -2.68. The first-order valence-corrected chi connectivity index (χ1v) is 13.7. The molecule has 6 heteroatoms. The molecule has 0 spiro atoms. The highest BCUT2D eigenvalue weighted by atomic mass is 28.5. The zero-order valence-electron chi connectivity index (χ0n) is 11.9. The van der Waals surface area contributed by atoms with E-state index in [-0.39, 0.29) is 0 Å². The lowest BCUT2D eigenvalue weighted by Gasteiger charge is -2.52. The first-order chi connectivity index (χ1) is 7.01. The van der Waals surface area contributed by atoms with Gasteiger partial charge in [0.25, 0.3) is 0 Å². The van der Waals surface area contributed by atoms with Crippen LogP contribution in [0.2, 0.25) is 37.3 Å². The molecule has 1 aliphatic rings. The van der Waals surface area contributed by atoms with Crippen molar-refractivity contribution < 1.29 is 12.3 Å². The molecule has 0 unspecified atom stereocenters. The van der Waals surface area contributed by atoms with Crippen LogP contribution in [-0.2, 0) is 12.3 Å². The molecule has 0 aromatic heterocycles. The molecule has 0 N–H and O–H groups in total. The van der Waals surface area contributed by atoms with E-state index in [2.05, 4.69) is 53.9 Å². The fraction of sp³-hybridized carbons (Fsp3) is 1.00. The maximum Gasteiger partial charge on any atom is 0.325 e. The van der Waals surface area contributed by atoms with Crippen LogP contribution in [-0.4, -0.2) is 25.7 Å². The Labute approximate surface area is 103 Å². The second kappa shape index (κ2) is 4.33. The van der Waals surface area contributed by atoms with Crippen LogP contribution >= 0.6 is 0 Å². The van der Waals surface area contributed by atoms with Crippen LogP contribution in [0.3, 0.4) is 0 Å². The van der Waals surface area contributed by atoms with Gasteiger partial charge in [-0.15, -0.1) is 0 Å². The van der Waals surface area contributed by atoms with Gasteiger partial charge in [-0.05, 0) is 37.3 Å². The van der Waals surface area contributed by atoms with Gasteiger partial charge in [0.15, 0.2) is 0 Å². The van der Waals surface area contributed by atoms with Crippen molar-refractivity contribution in [3.05, 3.63) is 0 Å². The summed E-state index contributed by atoms with van der Waals surface area (Å²) in [6.45, 7) is 17.5. The minimum absolute atomic E-state index is 0.481. The lowest BCUT2D eigenvalue weighted by molar-refractivity contribution is 0.214. The molecule has 0 aliphatic carbocycles. The molecule has 1 saturated heterocycles. The van der Waals surface area contributed by atoms with Gasteiger partial charge in [0.2, 0.25) is 0 Å². The molecule has 16 heavy (non-hydrogen) atoms. The molecule has 0 atom stereocenters. The molecule has 0 amide bonds. The second-order valence-corrected chi connectivity index (χ2v) is 17.9. The summed E-state index contributed by atoms with van der Waals surface area (Å²) in [4.78, 5) is 0. The first kappa shape index (κ1) is 14.6. The molecule has 3 nitrogen and oxygen atoms in total. The Morgan fingerprint density at radius 2 is 0.938 bits per heavy atom. The molecular weight excluding hydrogens is 252 g/mol. The summed E-state index contributed by atoms with van der Waals surface area (Å²) in [5.74, 6) is 0. The van der Waals surface area contributed by atoms with Crippen LogP contribution in [0.5, 0.6) is 0 Å². The summed E-state index contributed by atoms with van der Waals surface area (Å²) >= 11 is 0. The molecule has 1 fully saturated rings. The molecule has 0 radical (unpaired) electrons. The smallest absolute Gasteiger partial charge is 0.325 e. The minimum atomic E-state index is -2.11. The molecule has 0 saturated carbocycles. The molecule has 0 aromatic carbocycles. The predicted molar refractivity (Wildman–Crippen MR) is 74.2 cm³/mol. The van der Waals surface area contributed by atoms with Gasteiger partial charge in [0.05, 0.1) is 0 Å². The SMILES string of the molecule is CC(C)[Si]1(C(C)C)O[Si](C)(C)O[Si](C)(C)O1. The molecule has 0 aromatic rings. The van der Waals surface area contributed by atoms with Crippen molar-refractivity contribution in [3.8, 4) is 0 Å². The average Bonchev–Trinajstić information content (AvgIpc) is 1.96. The summed E-state index contributed by atoms with van der Waals surface area (Å²) in [6, 6.07) is 0. The maximum absolute atomic E-state index is 6.39. The number of rotatable bonds is 2. The van der Waals surface area contributed by atoms with E-state index in [1.54, 1.807) is 0 Å². The third kappa shape index (κ3) is 2.85. The Morgan fingerprint density at radius 3 is 1.19 bits per heavy atom. The van der Waals surface area contributed by atoms with E-state index >= 15 is 0 Å². The van der Waals surface area contributed by atoms with Crippen molar-refractivity contribution in [2.45, 2.75) is 65.0 Å². The van der Waals surface area contributed by atoms with E-state index in [9.17, 15) is 0 Å². The van der Waals surface area contributed by atoms with E-state index in [0.717, 1.165) is 0 Å². The molecule has 1 rings (SSSR count). The highest BCUT2D eigenvalue weighted by Gasteiger charge is 2.58. The third-order valence-electron chi connectivity index (χ3n) is 2.91. The monoisotopic (exact) mass is 278 g/mol. The molecule has 1 heterocycles. The van der Waals surface area contributed by atoms with Crippen molar-refractivity contribution in [1.82, 2.24) is 0 Å². The second-order valence-electron chi connectivity index (χ2n) is 6.14. The van der Waals surface area contributed by atoms with Crippen LogP contribution in [0.1, 0.15) is 27.7 Å². The minimum Gasteiger partial charge on any atom is -0.416 e. The van der Waals surface area contributed by atoms with Crippen molar-refractivity contribution >= 4 is 25.7 Å². The normalized spacial score (nSPS) is 27.4. The molecule has 96 valence electrons. The fourth-order valence-electron chi connectivity index (χ4n) is 2.56. The van der Waals surface area contributed by atoms with Crippen LogP contribution in [0, 0.1) is 0 Å². The summed E-state index contributed by atoms with van der Waals surface area (Å²) < 4.78 is 18.9. The van der Waals surface area contributed by atoms with Gasteiger partial charge in [0, 0.05) is 0 Å². The summed E-state index contributed by atoms with van der Waals surface area (Å²) in [7, 11) is -6.09. The highest BCUT2D eigenvalue weighted by Crippen LogP contribution is 2.43. The summed E-state index contributed by atoms with van der Waals surface area (Å²) in [5.41, 5.74) is 0.963. The van der Waals surface area contributed by atoms with E-state index in [1.807, 2.05) is 0 Å². The van der Waals surface area contributed by atoms with Crippen LogP contribution in [0.15, 0.2) is 0 Å². The standard InChI is InChI=1S/C10H26O3Si3/c1-9(2)16(10(3)4)12-14(5,6)11-15(7,8)13-16/h9-10H,1-8H3. The van der Waals surface area contributed by atoms with Crippen LogP contribution < -0.4 is 0 Å². The Balaban J connectivity index is 3.10. The van der Waals surface area contributed by atoms with Gasteiger partial charge in [-0.1, -0.05) is 27.7 Å². The third-order valence-corrected chi connectivity index (χ3v) is 16.5. The van der Waals surface area contributed by atoms with Gasteiger partial charge in [-0.25, -0.2) is 0 Å². The Hall–Kier alpha value is 0.531. The van der Waals surface area contributed by atoms with E-state index in [0.29, 0.717) is 11.1 Å². The molecule has 0 bridgehead atoms. The number of hydrogen-bond donors (Lipinski definition) is 0. The van der Waals surface area contributed by atoms with Gasteiger partial charge in [-0.3, -0.25) is 0 Å². The van der Waals surface area contributed by atoms with E-state index in [4.69, 9.17) is 12.3 Å². The average molecular weight is 279 g/mol. The zero-order chi connectivity index (χ0) is 12.8. The van der Waals surface area contributed by atoms with Crippen LogP contribution in [0.4, 0.5) is 0 Å². The predicted octanol–water partition coefficient (Wildman–Crippen LogP) is 3.72. The summed E-state index contributed by atoms with van der Waals surface area (Å²) in [6.07, 6.45) is 0. The van der Waals surface area contributed by atoms with Gasteiger partial charge in [0.1, 0.15) is 0 Å². The molecule has 1 aliphatic heterocycles. The maximum atomic E-state index is 6.39. The van der Waals surface area contributed by atoms with Gasteiger partial charge >= 0.3 is 25.7 Å². The highest BCUT2D eigenvalue weighted by molar-refractivity contribution is 6.94. The van der Waals surface area contributed by atoms with Gasteiger partial charge in [-0.2, -0.15) is 0 Å². The topological polar surface area (TPSA) is 27.7 Å². The Morgan fingerprint density at radius 1 is 0.625 bits per heavy atom. The van der Waals surface area contributed by atoms with Crippen molar-refractivity contribution in [2.24, 2.45) is 0 Å². The van der Waals surface area contributed by atoms with Crippen molar-refractivity contribution in [1.29, 1.82) is 0 Å². The van der Waals surface area contributed by atoms with Crippen molar-refractivity contribution in [3.63, 3.8) is 0 Å². The van der Waals surface area contributed by atoms with E-state index in [1.165, 1.54) is 0 Å². The van der Waals surface area contributed by atoms with Crippen molar-refractivity contribution in [2.75, 3.05) is 0 Å². The fourth-order valence-corrected chi connectivity index (χ4v) is 20.2. The first-order valence-electron chi connectivity index (χ1n) is 6.11. The Bertz CT molecular complexity index is 238.